The number of aliphatic hydroxyl groups is 1. The van der Waals surface area contributed by atoms with Gasteiger partial charge in [0.1, 0.15) is 0 Å². The molecule has 0 aromatic heterocycles. The number of thiol groups is 1. The van der Waals surface area contributed by atoms with E-state index >= 15 is 0 Å². The molecule has 0 fully saturated rings. The van der Waals surface area contributed by atoms with Crippen LogP contribution in [0.15, 0.2) is 0 Å². The van der Waals surface area contributed by atoms with Crippen molar-refractivity contribution >= 4 is 29.7 Å². The molecule has 0 aliphatic rings. The fraction of sp³-hybridized carbons (Fsp3) is 1.00. The highest BCUT2D eigenvalue weighted by Crippen LogP contribution is 2.54. The molecule has 0 amide bonds. The number of aliphatic hydroxyl groups excluding tert-OH is 1. The molecule has 0 aromatic rings. The molecule has 0 spiro atoms. The van der Waals surface area contributed by atoms with Gasteiger partial charge in [-0.05, 0) is 37.5 Å². The van der Waals surface area contributed by atoms with Crippen LogP contribution >= 0.6 is 17.9 Å². The predicted octanol–water partition coefficient (Wildman–Crippen LogP) is 2.99. The first-order chi connectivity index (χ1) is 6.87. The van der Waals surface area contributed by atoms with E-state index in [-0.39, 0.29) is 12.7 Å². The van der Waals surface area contributed by atoms with Crippen molar-refractivity contribution in [3.05, 3.63) is 0 Å². The van der Waals surface area contributed by atoms with E-state index in [4.69, 9.17) is 26.0 Å². The first-order valence-corrected chi connectivity index (χ1v) is 8.93. The minimum atomic E-state index is -2.42. The highest BCUT2D eigenvalue weighted by Gasteiger charge is 2.17. The van der Waals surface area contributed by atoms with Crippen LogP contribution in [0.2, 0.25) is 0 Å². The van der Waals surface area contributed by atoms with Crippen molar-refractivity contribution in [2.45, 2.75) is 39.7 Å². The molecule has 0 saturated heterocycles. The van der Waals surface area contributed by atoms with Crippen molar-refractivity contribution < 1.29 is 14.2 Å². The summed E-state index contributed by atoms with van der Waals surface area (Å²) in [5.74, 6) is 0.570. The van der Waals surface area contributed by atoms with Gasteiger partial charge in [0, 0.05) is 6.61 Å². The normalized spacial score (nSPS) is 17.7. The van der Waals surface area contributed by atoms with Crippen molar-refractivity contribution in [3.8, 4) is 0 Å². The first-order valence-electron chi connectivity index (χ1n) is 5.14. The van der Waals surface area contributed by atoms with Gasteiger partial charge in [0.25, 0.3) is 0 Å². The van der Waals surface area contributed by atoms with Crippen LogP contribution in [0.5, 0.6) is 0 Å². The number of hydrogen-bond donors (Lipinski definition) is 2. The molecule has 2 atom stereocenters. The largest absolute Gasteiger partial charge is 0.396 e. The average Bonchev–Trinajstić information content (AvgIpc) is 2.00. The standard InChI is InChI=1S/C9H21O3PS2/c1-8(2)7-9(3)12-13(14,15)11-6-4-5-10/h8-10H,4-7H2,1-3H3,(H,14,15). The monoisotopic (exact) mass is 272 g/mol. The van der Waals surface area contributed by atoms with Crippen molar-refractivity contribution in [3.63, 3.8) is 0 Å². The van der Waals surface area contributed by atoms with Crippen molar-refractivity contribution in [2.75, 3.05) is 13.2 Å². The van der Waals surface area contributed by atoms with Gasteiger partial charge in [-0.2, -0.15) is 0 Å². The molecule has 0 heterocycles. The van der Waals surface area contributed by atoms with E-state index < -0.39 is 5.69 Å². The van der Waals surface area contributed by atoms with Crippen LogP contribution in [-0.2, 0) is 20.9 Å². The zero-order valence-electron chi connectivity index (χ0n) is 9.55. The third-order valence-electron chi connectivity index (χ3n) is 1.67. The maximum atomic E-state index is 8.60. The van der Waals surface area contributed by atoms with Crippen LogP contribution in [0.4, 0.5) is 0 Å². The Hall–Kier alpha value is 0.880. The Morgan fingerprint density at radius 1 is 1.40 bits per heavy atom. The smallest absolute Gasteiger partial charge is 0.244 e. The highest BCUT2D eigenvalue weighted by atomic mass is 32.9. The van der Waals surface area contributed by atoms with Crippen molar-refractivity contribution in [2.24, 2.45) is 5.92 Å². The van der Waals surface area contributed by atoms with Gasteiger partial charge in [-0.15, -0.1) is 0 Å². The molecule has 0 aromatic carbocycles. The fourth-order valence-corrected chi connectivity index (χ4v) is 3.56. The summed E-state index contributed by atoms with van der Waals surface area (Å²) in [5.41, 5.74) is -2.42. The third-order valence-corrected chi connectivity index (χ3v) is 4.01. The van der Waals surface area contributed by atoms with Gasteiger partial charge < -0.3 is 14.2 Å². The molecule has 1 N–H and O–H groups in total. The van der Waals surface area contributed by atoms with E-state index in [1.54, 1.807) is 0 Å². The summed E-state index contributed by atoms with van der Waals surface area (Å²) >= 11 is 9.36. The Morgan fingerprint density at radius 2 is 2.00 bits per heavy atom. The fourth-order valence-electron chi connectivity index (χ4n) is 1.21. The Morgan fingerprint density at radius 3 is 2.47 bits per heavy atom. The van der Waals surface area contributed by atoms with Crippen LogP contribution in [0.25, 0.3) is 0 Å². The second-order valence-corrected chi connectivity index (χ2v) is 9.16. The molecule has 92 valence electrons. The van der Waals surface area contributed by atoms with E-state index in [0.29, 0.717) is 18.9 Å². The summed E-state index contributed by atoms with van der Waals surface area (Å²) in [4.78, 5) is 0. The Balaban J connectivity index is 3.85. The predicted molar refractivity (Wildman–Crippen MR) is 70.9 cm³/mol. The molecule has 0 rings (SSSR count). The molecule has 0 radical (unpaired) electrons. The number of hydrogen-bond acceptors (Lipinski definition) is 4. The van der Waals surface area contributed by atoms with Gasteiger partial charge in [0.05, 0.1) is 12.7 Å². The van der Waals surface area contributed by atoms with E-state index in [0.717, 1.165) is 6.42 Å². The number of rotatable bonds is 8. The van der Waals surface area contributed by atoms with Gasteiger partial charge >= 0.3 is 0 Å². The molecular weight excluding hydrogens is 251 g/mol. The summed E-state index contributed by atoms with van der Waals surface area (Å²) < 4.78 is 10.9. The van der Waals surface area contributed by atoms with Gasteiger partial charge in [-0.3, -0.25) is 0 Å². The average molecular weight is 272 g/mol. The van der Waals surface area contributed by atoms with Gasteiger partial charge in [0.15, 0.2) is 0 Å². The highest BCUT2D eigenvalue weighted by molar-refractivity contribution is 8.60. The van der Waals surface area contributed by atoms with Crippen molar-refractivity contribution in [1.82, 2.24) is 0 Å². The Kier molecular flexibility index (Phi) is 8.51. The second kappa shape index (κ2) is 8.04. The van der Waals surface area contributed by atoms with E-state index in [1.807, 2.05) is 6.92 Å². The second-order valence-electron chi connectivity index (χ2n) is 3.92. The lowest BCUT2D eigenvalue weighted by Gasteiger charge is -2.22. The van der Waals surface area contributed by atoms with Crippen LogP contribution < -0.4 is 0 Å². The summed E-state index contributed by atoms with van der Waals surface area (Å²) in [6.07, 6.45) is 1.59. The molecule has 2 unspecified atom stereocenters. The van der Waals surface area contributed by atoms with Gasteiger partial charge in [-0.1, -0.05) is 26.1 Å². The first kappa shape index (κ1) is 15.9. The van der Waals surface area contributed by atoms with Crippen LogP contribution in [-0.4, -0.2) is 24.4 Å². The van der Waals surface area contributed by atoms with Gasteiger partial charge in [0.2, 0.25) is 5.69 Å². The van der Waals surface area contributed by atoms with E-state index in [1.165, 1.54) is 0 Å². The van der Waals surface area contributed by atoms with E-state index in [9.17, 15) is 0 Å². The zero-order valence-corrected chi connectivity index (χ0v) is 12.2. The lowest BCUT2D eigenvalue weighted by atomic mass is 10.1. The molecule has 0 aliphatic carbocycles. The van der Waals surface area contributed by atoms with Crippen LogP contribution in [0.1, 0.15) is 33.6 Å². The quantitative estimate of drug-likeness (QED) is 0.405. The lowest BCUT2D eigenvalue weighted by molar-refractivity contribution is 0.171. The van der Waals surface area contributed by atoms with Gasteiger partial charge in [-0.25, -0.2) is 0 Å². The lowest BCUT2D eigenvalue weighted by Crippen LogP contribution is -2.09. The molecule has 3 nitrogen and oxygen atoms in total. The summed E-state index contributed by atoms with van der Waals surface area (Å²) in [5, 5.41) is 8.60. The minimum absolute atomic E-state index is 0.0717. The molecule has 0 saturated carbocycles. The molecule has 6 heteroatoms. The molecular formula is C9H21O3PS2. The van der Waals surface area contributed by atoms with E-state index in [2.05, 4.69) is 26.1 Å². The Labute approximate surface area is 103 Å². The summed E-state index contributed by atoms with van der Waals surface area (Å²) in [7, 11) is 0. The summed E-state index contributed by atoms with van der Waals surface area (Å²) in [6.45, 7) is 6.76. The van der Waals surface area contributed by atoms with Crippen LogP contribution in [0, 0.1) is 5.92 Å². The molecule has 15 heavy (non-hydrogen) atoms. The third kappa shape index (κ3) is 9.79. The topological polar surface area (TPSA) is 38.7 Å². The maximum Gasteiger partial charge on any atom is 0.244 e. The SMILES string of the molecule is CC(C)CC(C)OP(=S)(S)OCCCO. The van der Waals surface area contributed by atoms with Crippen LogP contribution in [0.3, 0.4) is 0 Å². The molecule has 0 bridgehead atoms. The minimum Gasteiger partial charge on any atom is -0.396 e. The zero-order chi connectivity index (χ0) is 11.9. The Bertz CT molecular complexity index is 212. The molecule has 0 aliphatic heterocycles. The van der Waals surface area contributed by atoms with Crippen molar-refractivity contribution in [1.29, 1.82) is 0 Å². The summed E-state index contributed by atoms with van der Waals surface area (Å²) in [6, 6.07) is 0. The maximum absolute atomic E-state index is 8.60.